The van der Waals surface area contributed by atoms with Crippen LogP contribution in [0.25, 0.3) is 0 Å². The number of hydrogen-bond acceptors (Lipinski definition) is 5. The molecule has 0 aliphatic heterocycles. The van der Waals surface area contributed by atoms with Crippen molar-refractivity contribution in [2.45, 2.75) is 0 Å². The lowest BCUT2D eigenvalue weighted by Gasteiger charge is -2.12. The van der Waals surface area contributed by atoms with Gasteiger partial charge in [0.05, 0.1) is 5.56 Å². The van der Waals surface area contributed by atoms with E-state index in [0.717, 1.165) is 4.31 Å². The minimum atomic E-state index is -3.58. The van der Waals surface area contributed by atoms with Gasteiger partial charge in [-0.1, -0.05) is 12.1 Å². The highest BCUT2D eigenvalue weighted by Gasteiger charge is 2.22. The summed E-state index contributed by atoms with van der Waals surface area (Å²) in [6.45, 7) is -0.0786. The first-order chi connectivity index (χ1) is 8.38. The van der Waals surface area contributed by atoms with Gasteiger partial charge in [-0.05, 0) is 12.1 Å². The maximum absolute atomic E-state index is 11.9. The number of nitrogens with two attached hydrogens (primary N) is 1. The van der Waals surface area contributed by atoms with Gasteiger partial charge in [0.25, 0.3) is 0 Å². The van der Waals surface area contributed by atoms with Gasteiger partial charge in [0, 0.05) is 14.1 Å². The third-order valence-corrected chi connectivity index (χ3v) is 4.04. The van der Waals surface area contributed by atoms with Crippen LogP contribution in [-0.4, -0.2) is 45.1 Å². The lowest BCUT2D eigenvalue weighted by Crippen LogP contribution is -2.29. The highest BCUT2D eigenvalue weighted by atomic mass is 32.2. The number of carbonyl (C=O) groups is 1. The van der Waals surface area contributed by atoms with Crippen LogP contribution in [0.15, 0.2) is 24.3 Å². The fraction of sp³-hybridized carbons (Fsp3) is 0.364. The summed E-state index contributed by atoms with van der Waals surface area (Å²) in [6, 6.07) is 6.40. The van der Waals surface area contributed by atoms with Gasteiger partial charge in [0.15, 0.2) is 5.78 Å². The molecule has 18 heavy (non-hydrogen) atoms. The van der Waals surface area contributed by atoms with Gasteiger partial charge in [-0.3, -0.25) is 10.5 Å². The summed E-state index contributed by atoms with van der Waals surface area (Å²) in [4.78, 5) is 11.9. The Labute approximate surface area is 106 Å². The van der Waals surface area contributed by atoms with E-state index in [1.165, 1.54) is 20.2 Å². The molecular weight excluding hydrogens is 256 g/mol. The van der Waals surface area contributed by atoms with Crippen molar-refractivity contribution in [1.29, 1.82) is 0 Å². The minimum Gasteiger partial charge on any atom is -0.478 e. The summed E-state index contributed by atoms with van der Waals surface area (Å²) in [5.41, 5.74) is 5.46. The normalized spacial score (nSPS) is 11.6. The smallest absolute Gasteiger partial charge is 0.221 e. The summed E-state index contributed by atoms with van der Waals surface area (Å²) in [7, 11) is -0.821. The van der Waals surface area contributed by atoms with Crippen LogP contribution in [0, 0.1) is 0 Å². The van der Waals surface area contributed by atoms with E-state index < -0.39 is 21.6 Å². The van der Waals surface area contributed by atoms with Crippen molar-refractivity contribution in [2.24, 2.45) is 5.73 Å². The Bertz CT molecular complexity index is 526. The molecule has 0 saturated carbocycles. The lowest BCUT2D eigenvalue weighted by atomic mass is 10.1. The predicted molar refractivity (Wildman–Crippen MR) is 67.9 cm³/mol. The van der Waals surface area contributed by atoms with Gasteiger partial charge < -0.3 is 4.74 Å². The summed E-state index contributed by atoms with van der Waals surface area (Å²) in [6.07, 6.45) is 0. The molecule has 100 valence electrons. The van der Waals surface area contributed by atoms with Crippen molar-refractivity contribution in [2.75, 3.05) is 26.6 Å². The second kappa shape index (κ2) is 5.94. The molecule has 7 heteroatoms. The highest BCUT2D eigenvalue weighted by Crippen LogP contribution is 2.19. The zero-order valence-electron chi connectivity index (χ0n) is 10.3. The molecular formula is C11H16N2O4S. The molecule has 1 aromatic carbocycles. The topological polar surface area (TPSA) is 89.7 Å². The first-order valence-electron chi connectivity index (χ1n) is 5.24. The van der Waals surface area contributed by atoms with Crippen LogP contribution in [-0.2, 0) is 10.0 Å². The Balaban J connectivity index is 2.98. The Morgan fingerprint density at radius 2 is 1.94 bits per heavy atom. The summed E-state index contributed by atoms with van der Waals surface area (Å²) < 4.78 is 29.3. The average molecular weight is 272 g/mol. The Morgan fingerprint density at radius 3 is 2.50 bits per heavy atom. The van der Waals surface area contributed by atoms with Crippen LogP contribution in [0.5, 0.6) is 5.75 Å². The fourth-order valence-corrected chi connectivity index (χ4v) is 2.03. The molecule has 0 fully saturated rings. The van der Waals surface area contributed by atoms with Crippen molar-refractivity contribution in [3.63, 3.8) is 0 Å². The number of para-hydroxylation sites is 1. The zero-order chi connectivity index (χ0) is 13.8. The summed E-state index contributed by atoms with van der Waals surface area (Å²) in [5.74, 6) is -0.822. The van der Waals surface area contributed by atoms with Crippen molar-refractivity contribution in [3.05, 3.63) is 29.8 Å². The molecule has 0 aliphatic carbocycles. The van der Waals surface area contributed by atoms with E-state index >= 15 is 0 Å². The van der Waals surface area contributed by atoms with Crippen LogP contribution in [0.4, 0.5) is 0 Å². The number of rotatable bonds is 6. The first kappa shape index (κ1) is 14.6. The van der Waals surface area contributed by atoms with E-state index in [1.54, 1.807) is 18.2 Å². The van der Waals surface area contributed by atoms with E-state index in [0.29, 0.717) is 5.75 Å². The van der Waals surface area contributed by atoms with E-state index in [1.807, 2.05) is 0 Å². The number of sulfonamides is 1. The second-order valence-electron chi connectivity index (χ2n) is 3.77. The van der Waals surface area contributed by atoms with E-state index in [2.05, 4.69) is 0 Å². The summed E-state index contributed by atoms with van der Waals surface area (Å²) >= 11 is 0. The third kappa shape index (κ3) is 3.52. The number of carbonyl (C=O) groups excluding carboxylic acids is 1. The maximum Gasteiger partial charge on any atom is 0.221 e. The van der Waals surface area contributed by atoms with Gasteiger partial charge in [-0.15, -0.1) is 0 Å². The van der Waals surface area contributed by atoms with Crippen LogP contribution in [0.1, 0.15) is 10.4 Å². The highest BCUT2D eigenvalue weighted by molar-refractivity contribution is 7.89. The standard InChI is InChI=1S/C11H16N2O4S/c1-13(2)18(15,16)7-10(14)9-5-3-4-6-11(9)17-8-12/h3-6H,7-8,12H2,1-2H3. The molecule has 6 nitrogen and oxygen atoms in total. The van der Waals surface area contributed by atoms with Crippen LogP contribution in [0.2, 0.25) is 0 Å². The Morgan fingerprint density at radius 1 is 1.33 bits per heavy atom. The van der Waals surface area contributed by atoms with Crippen molar-refractivity contribution >= 4 is 15.8 Å². The molecule has 0 radical (unpaired) electrons. The average Bonchev–Trinajstić information content (AvgIpc) is 2.29. The largest absolute Gasteiger partial charge is 0.478 e. The molecule has 2 N–H and O–H groups in total. The van der Waals surface area contributed by atoms with Crippen molar-refractivity contribution in [1.82, 2.24) is 4.31 Å². The molecule has 0 bridgehead atoms. The molecule has 1 aromatic rings. The summed E-state index contributed by atoms with van der Waals surface area (Å²) in [5, 5.41) is 0. The molecule has 0 aromatic heterocycles. The van der Waals surface area contributed by atoms with Crippen molar-refractivity contribution in [3.8, 4) is 5.75 Å². The third-order valence-electron chi connectivity index (χ3n) is 2.30. The molecule has 0 amide bonds. The Kier molecular flexibility index (Phi) is 4.83. The molecule has 0 spiro atoms. The number of ether oxygens (including phenoxy) is 1. The molecule has 0 saturated heterocycles. The van der Waals surface area contributed by atoms with E-state index in [9.17, 15) is 13.2 Å². The predicted octanol–water partition coefficient (Wildman–Crippen LogP) is 0.0557. The molecule has 0 unspecified atom stereocenters. The number of benzene rings is 1. The maximum atomic E-state index is 11.9. The SMILES string of the molecule is CN(C)S(=O)(=O)CC(=O)c1ccccc1OCN. The fourth-order valence-electron chi connectivity index (χ4n) is 1.29. The quantitative estimate of drug-likeness (QED) is 0.584. The van der Waals surface area contributed by atoms with E-state index in [4.69, 9.17) is 10.5 Å². The van der Waals surface area contributed by atoms with Gasteiger partial charge in [-0.25, -0.2) is 12.7 Å². The van der Waals surface area contributed by atoms with Crippen molar-refractivity contribution < 1.29 is 17.9 Å². The number of hydrogen-bond donors (Lipinski definition) is 1. The van der Waals surface area contributed by atoms with Crippen LogP contribution >= 0.6 is 0 Å². The van der Waals surface area contributed by atoms with Gasteiger partial charge in [0.1, 0.15) is 18.2 Å². The second-order valence-corrected chi connectivity index (χ2v) is 5.95. The minimum absolute atomic E-state index is 0.0786. The lowest BCUT2D eigenvalue weighted by molar-refractivity contribution is 0.101. The zero-order valence-corrected chi connectivity index (χ0v) is 11.1. The Hall–Kier alpha value is -1.44. The van der Waals surface area contributed by atoms with Crippen LogP contribution < -0.4 is 10.5 Å². The molecule has 0 heterocycles. The first-order valence-corrected chi connectivity index (χ1v) is 6.84. The number of ketones is 1. The molecule has 1 rings (SSSR count). The van der Waals surface area contributed by atoms with Gasteiger partial charge in [-0.2, -0.15) is 0 Å². The monoisotopic (exact) mass is 272 g/mol. The van der Waals surface area contributed by atoms with E-state index in [-0.39, 0.29) is 12.3 Å². The van der Waals surface area contributed by atoms with Crippen LogP contribution in [0.3, 0.4) is 0 Å². The van der Waals surface area contributed by atoms with Gasteiger partial charge >= 0.3 is 0 Å². The molecule has 0 aliphatic rings. The molecule has 0 atom stereocenters. The number of Topliss-reactive ketones (excluding diaryl/α,β-unsaturated/α-hetero) is 1. The number of nitrogens with zero attached hydrogens (tertiary/aromatic N) is 1. The van der Waals surface area contributed by atoms with Gasteiger partial charge in [0.2, 0.25) is 10.0 Å².